The van der Waals surface area contributed by atoms with Crippen LogP contribution in [0.4, 0.5) is 11.4 Å². The summed E-state index contributed by atoms with van der Waals surface area (Å²) < 4.78 is 5.05. The minimum Gasteiger partial charge on any atom is -0.481 e. The van der Waals surface area contributed by atoms with Gasteiger partial charge in [0.25, 0.3) is 0 Å². The Balaban J connectivity index is 1.56. The van der Waals surface area contributed by atoms with Crippen LogP contribution in [0.1, 0.15) is 6.92 Å². The van der Waals surface area contributed by atoms with Crippen molar-refractivity contribution in [3.63, 3.8) is 0 Å². The van der Waals surface area contributed by atoms with Crippen LogP contribution in [0.3, 0.4) is 0 Å². The van der Waals surface area contributed by atoms with Crippen LogP contribution in [0.5, 0.6) is 5.88 Å². The van der Waals surface area contributed by atoms with Crippen molar-refractivity contribution in [2.24, 2.45) is 5.92 Å². The van der Waals surface area contributed by atoms with Crippen molar-refractivity contribution in [3.8, 4) is 17.1 Å². The maximum Gasteiger partial charge on any atom is 0.249 e. The normalized spacial score (nSPS) is 15.4. The zero-order valence-electron chi connectivity index (χ0n) is 16.9. The topological polar surface area (TPSA) is 97.3 Å². The van der Waals surface area contributed by atoms with E-state index in [1.807, 2.05) is 6.07 Å². The third kappa shape index (κ3) is 4.19. The van der Waals surface area contributed by atoms with E-state index >= 15 is 0 Å². The van der Waals surface area contributed by atoms with E-state index in [1.54, 1.807) is 55.8 Å². The van der Waals surface area contributed by atoms with Gasteiger partial charge in [0, 0.05) is 29.7 Å². The van der Waals surface area contributed by atoms with Crippen LogP contribution >= 0.6 is 0 Å². The zero-order chi connectivity index (χ0) is 21.8. The summed E-state index contributed by atoms with van der Waals surface area (Å²) in [4.78, 5) is 39.9. The molecule has 1 atom stereocenters. The van der Waals surface area contributed by atoms with E-state index in [4.69, 9.17) is 4.74 Å². The number of carbonyl (C=O) groups is 2. The predicted octanol–water partition coefficient (Wildman–Crippen LogP) is 3.21. The van der Waals surface area contributed by atoms with Gasteiger partial charge < -0.3 is 10.1 Å². The molecule has 0 aliphatic carbocycles. The van der Waals surface area contributed by atoms with E-state index in [0.29, 0.717) is 28.5 Å². The van der Waals surface area contributed by atoms with Crippen LogP contribution in [0, 0.1) is 5.92 Å². The number of anilines is 2. The molecule has 3 heterocycles. The molecular weight excluding hydrogens is 394 g/mol. The number of aromatic nitrogens is 3. The Morgan fingerprint density at radius 3 is 2.74 bits per heavy atom. The van der Waals surface area contributed by atoms with Crippen molar-refractivity contribution in [2.75, 3.05) is 17.3 Å². The highest BCUT2D eigenvalue weighted by Gasteiger charge is 2.34. The first kappa shape index (κ1) is 20.0. The number of rotatable bonds is 5. The van der Waals surface area contributed by atoms with Gasteiger partial charge in [-0.05, 0) is 30.7 Å². The number of amides is 2. The third-order valence-corrected chi connectivity index (χ3v) is 4.80. The van der Waals surface area contributed by atoms with Gasteiger partial charge in [0.05, 0.1) is 37.1 Å². The van der Waals surface area contributed by atoms with Gasteiger partial charge in [-0.3, -0.25) is 24.5 Å². The molecule has 0 saturated heterocycles. The average Bonchev–Trinajstić information content (AvgIpc) is 2.80. The molecule has 0 fully saturated rings. The first-order valence-corrected chi connectivity index (χ1v) is 9.50. The predicted molar refractivity (Wildman–Crippen MR) is 115 cm³/mol. The first-order chi connectivity index (χ1) is 15.1. The fraction of sp³-hybridized carbons (Fsp3) is 0.130. The van der Waals surface area contributed by atoms with Gasteiger partial charge in [0.1, 0.15) is 5.92 Å². The summed E-state index contributed by atoms with van der Waals surface area (Å²) in [5.74, 6) is -1.40. The van der Waals surface area contributed by atoms with Crippen LogP contribution in [0.2, 0.25) is 0 Å². The largest absolute Gasteiger partial charge is 0.481 e. The SMILES string of the molecule is COc1ccc(N2C=C=C(C)C(C(=O)Nc3cccc(-c4cnccn4)c3)C2=O)cn1. The number of hydrogen-bond donors (Lipinski definition) is 1. The number of hydrogen-bond acceptors (Lipinski definition) is 6. The second kappa shape index (κ2) is 8.61. The second-order valence-electron chi connectivity index (χ2n) is 6.82. The summed E-state index contributed by atoms with van der Waals surface area (Å²) in [5, 5.41) is 2.83. The Morgan fingerprint density at radius 1 is 1.16 bits per heavy atom. The maximum atomic E-state index is 13.1. The Bertz CT molecular complexity index is 1190. The van der Waals surface area contributed by atoms with Gasteiger partial charge in [0.15, 0.2) is 0 Å². The first-order valence-electron chi connectivity index (χ1n) is 9.50. The monoisotopic (exact) mass is 413 g/mol. The molecule has 1 N–H and O–H groups in total. The Morgan fingerprint density at radius 2 is 2.03 bits per heavy atom. The van der Waals surface area contributed by atoms with Crippen molar-refractivity contribution in [2.45, 2.75) is 6.92 Å². The number of carbonyl (C=O) groups excluding carboxylic acids is 2. The standard InChI is InChI=1S/C23H19N5O3/c1-15-8-11-28(18-6-7-20(31-2)26-13-18)23(30)21(15)22(29)27-17-5-3-4-16(12-17)19-14-24-9-10-25-19/h3-7,9-14,21H,1-2H3,(H,27,29). The second-order valence-corrected chi connectivity index (χ2v) is 6.82. The lowest BCUT2D eigenvalue weighted by Gasteiger charge is -2.26. The zero-order valence-corrected chi connectivity index (χ0v) is 16.9. The number of benzene rings is 1. The van der Waals surface area contributed by atoms with E-state index < -0.39 is 11.8 Å². The lowest BCUT2D eigenvalue weighted by molar-refractivity contribution is -0.129. The van der Waals surface area contributed by atoms with Gasteiger partial charge in [-0.1, -0.05) is 12.1 Å². The number of methoxy groups -OCH3 is 1. The van der Waals surface area contributed by atoms with Crippen molar-refractivity contribution in [1.29, 1.82) is 0 Å². The number of pyridine rings is 1. The summed E-state index contributed by atoms with van der Waals surface area (Å²) in [6.45, 7) is 1.71. The Kier molecular flexibility index (Phi) is 5.55. The van der Waals surface area contributed by atoms with Crippen LogP contribution in [-0.2, 0) is 9.59 Å². The smallest absolute Gasteiger partial charge is 0.249 e. The van der Waals surface area contributed by atoms with Crippen LogP contribution in [0.15, 0.2) is 78.7 Å². The molecule has 1 aromatic carbocycles. The van der Waals surface area contributed by atoms with Gasteiger partial charge in [-0.2, -0.15) is 0 Å². The summed E-state index contributed by atoms with van der Waals surface area (Å²) in [6, 6.07) is 10.6. The molecule has 1 aliphatic rings. The molecule has 154 valence electrons. The highest BCUT2D eigenvalue weighted by atomic mass is 16.5. The lowest BCUT2D eigenvalue weighted by Crippen LogP contribution is -2.41. The molecule has 2 amide bonds. The van der Waals surface area contributed by atoms with Crippen molar-refractivity contribution in [1.82, 2.24) is 15.0 Å². The van der Waals surface area contributed by atoms with Crippen molar-refractivity contribution < 1.29 is 14.3 Å². The van der Waals surface area contributed by atoms with Gasteiger partial charge in [-0.25, -0.2) is 4.98 Å². The Labute approximate surface area is 178 Å². The molecule has 1 aliphatic heterocycles. The third-order valence-electron chi connectivity index (χ3n) is 4.80. The lowest BCUT2D eigenvalue weighted by atomic mass is 9.96. The highest BCUT2D eigenvalue weighted by Crippen LogP contribution is 2.26. The minimum absolute atomic E-state index is 0.384. The molecule has 3 aromatic rings. The van der Waals surface area contributed by atoms with E-state index in [2.05, 4.69) is 26.0 Å². The van der Waals surface area contributed by atoms with E-state index in [0.717, 1.165) is 5.56 Å². The van der Waals surface area contributed by atoms with Crippen LogP contribution in [0.25, 0.3) is 11.3 Å². The molecule has 8 nitrogen and oxygen atoms in total. The molecular formula is C23H19N5O3. The van der Waals surface area contributed by atoms with Gasteiger partial charge in [-0.15, -0.1) is 5.73 Å². The van der Waals surface area contributed by atoms with E-state index in [1.165, 1.54) is 24.4 Å². The maximum absolute atomic E-state index is 13.1. The molecule has 1 unspecified atom stereocenters. The quantitative estimate of drug-likeness (QED) is 0.510. The highest BCUT2D eigenvalue weighted by molar-refractivity contribution is 6.15. The fourth-order valence-electron chi connectivity index (χ4n) is 3.20. The molecule has 31 heavy (non-hydrogen) atoms. The Hall–Kier alpha value is -4.29. The molecule has 0 bridgehead atoms. The number of ether oxygens (including phenoxy) is 1. The summed E-state index contributed by atoms with van der Waals surface area (Å²) in [5.41, 5.74) is 6.10. The van der Waals surface area contributed by atoms with Crippen LogP contribution < -0.4 is 15.0 Å². The number of nitrogens with one attached hydrogen (secondary N) is 1. The van der Waals surface area contributed by atoms with E-state index in [9.17, 15) is 9.59 Å². The summed E-state index contributed by atoms with van der Waals surface area (Å²) in [6.07, 6.45) is 7.86. The molecule has 0 spiro atoms. The van der Waals surface area contributed by atoms with E-state index in [-0.39, 0.29) is 5.91 Å². The molecule has 2 aromatic heterocycles. The van der Waals surface area contributed by atoms with Crippen molar-refractivity contribution >= 4 is 23.2 Å². The molecule has 0 radical (unpaired) electrons. The van der Waals surface area contributed by atoms with Crippen molar-refractivity contribution in [3.05, 3.63) is 78.7 Å². The fourth-order valence-corrected chi connectivity index (χ4v) is 3.20. The molecule has 0 saturated carbocycles. The van der Waals surface area contributed by atoms with Crippen LogP contribution in [-0.4, -0.2) is 33.9 Å². The average molecular weight is 413 g/mol. The van der Waals surface area contributed by atoms with Gasteiger partial charge in [0.2, 0.25) is 17.7 Å². The molecule has 8 heteroatoms. The summed E-state index contributed by atoms with van der Waals surface area (Å²) in [7, 11) is 1.51. The molecule has 4 rings (SSSR count). The minimum atomic E-state index is -1.01. The number of nitrogens with zero attached hydrogens (tertiary/aromatic N) is 4. The summed E-state index contributed by atoms with van der Waals surface area (Å²) >= 11 is 0. The van der Waals surface area contributed by atoms with Gasteiger partial charge >= 0.3 is 0 Å².